The maximum Gasteiger partial charge on any atom is 0.243 e. The number of rotatable bonds is 5. The molecule has 1 fully saturated rings. The highest BCUT2D eigenvalue weighted by Crippen LogP contribution is 2.28. The Hall–Kier alpha value is -0.910. The first-order chi connectivity index (χ1) is 9.95. The SMILES string of the molecule is CC(C)C1CCN(S(=O)(=O)c2ccc(CCN)cc2)CC1. The second kappa shape index (κ2) is 6.90. The first kappa shape index (κ1) is 16.5. The summed E-state index contributed by atoms with van der Waals surface area (Å²) in [5.41, 5.74) is 6.59. The molecule has 0 amide bonds. The summed E-state index contributed by atoms with van der Waals surface area (Å²) in [6.45, 7) is 6.27. The predicted molar refractivity (Wildman–Crippen MR) is 85.5 cm³/mol. The number of benzene rings is 1. The molecule has 0 bridgehead atoms. The molecule has 1 heterocycles. The lowest BCUT2D eigenvalue weighted by molar-refractivity contribution is 0.226. The predicted octanol–water partition coefficient (Wildman–Crippen LogP) is 2.24. The fraction of sp³-hybridized carbons (Fsp3) is 0.625. The molecule has 0 aliphatic carbocycles. The van der Waals surface area contributed by atoms with Crippen LogP contribution in [0, 0.1) is 11.8 Å². The van der Waals surface area contributed by atoms with Crippen molar-refractivity contribution >= 4 is 10.0 Å². The Morgan fingerprint density at radius 1 is 1.19 bits per heavy atom. The van der Waals surface area contributed by atoms with E-state index in [1.165, 1.54) is 0 Å². The summed E-state index contributed by atoms with van der Waals surface area (Å²) >= 11 is 0. The quantitative estimate of drug-likeness (QED) is 0.907. The molecule has 0 unspecified atom stereocenters. The molecule has 1 aromatic rings. The molecule has 4 nitrogen and oxygen atoms in total. The maximum atomic E-state index is 12.6. The molecule has 1 aliphatic heterocycles. The summed E-state index contributed by atoms with van der Waals surface area (Å²) in [5.74, 6) is 1.27. The number of nitrogens with zero attached hydrogens (tertiary/aromatic N) is 1. The van der Waals surface area contributed by atoms with Gasteiger partial charge in [-0.2, -0.15) is 4.31 Å². The standard InChI is InChI=1S/C16H26N2O2S/c1-13(2)15-8-11-18(12-9-15)21(19,20)16-5-3-14(4-6-16)7-10-17/h3-6,13,15H,7-12,17H2,1-2H3. The van der Waals surface area contributed by atoms with E-state index in [-0.39, 0.29) is 0 Å². The van der Waals surface area contributed by atoms with Gasteiger partial charge in [-0.15, -0.1) is 0 Å². The Morgan fingerprint density at radius 2 is 1.76 bits per heavy atom. The van der Waals surface area contributed by atoms with Crippen molar-refractivity contribution < 1.29 is 8.42 Å². The van der Waals surface area contributed by atoms with Gasteiger partial charge in [0.1, 0.15) is 0 Å². The van der Waals surface area contributed by atoms with Crippen LogP contribution in [0.1, 0.15) is 32.3 Å². The van der Waals surface area contributed by atoms with E-state index in [1.54, 1.807) is 16.4 Å². The largest absolute Gasteiger partial charge is 0.330 e. The van der Waals surface area contributed by atoms with E-state index in [0.29, 0.717) is 36.4 Å². The fourth-order valence-corrected chi connectivity index (χ4v) is 4.40. The van der Waals surface area contributed by atoms with Crippen LogP contribution in [0.4, 0.5) is 0 Å². The number of hydrogen-bond donors (Lipinski definition) is 1. The van der Waals surface area contributed by atoms with E-state index in [9.17, 15) is 8.42 Å². The second-order valence-corrected chi connectivity index (χ2v) is 8.11. The molecule has 5 heteroatoms. The zero-order valence-electron chi connectivity index (χ0n) is 13.0. The first-order valence-electron chi connectivity index (χ1n) is 7.74. The molecule has 1 saturated heterocycles. The Balaban J connectivity index is 2.08. The summed E-state index contributed by atoms with van der Waals surface area (Å²) in [5, 5.41) is 0. The molecule has 0 radical (unpaired) electrons. The van der Waals surface area contributed by atoms with Gasteiger partial charge < -0.3 is 5.73 Å². The molecule has 2 rings (SSSR count). The third-order valence-electron chi connectivity index (χ3n) is 4.44. The number of hydrogen-bond acceptors (Lipinski definition) is 3. The highest BCUT2D eigenvalue weighted by Gasteiger charge is 2.30. The molecule has 21 heavy (non-hydrogen) atoms. The van der Waals surface area contributed by atoms with Crippen LogP contribution in [-0.2, 0) is 16.4 Å². The van der Waals surface area contributed by atoms with E-state index in [1.807, 2.05) is 12.1 Å². The summed E-state index contributed by atoms with van der Waals surface area (Å²) in [7, 11) is -3.34. The minimum absolute atomic E-state index is 0.395. The van der Waals surface area contributed by atoms with E-state index in [2.05, 4.69) is 13.8 Å². The Kier molecular flexibility index (Phi) is 5.41. The molecule has 0 spiro atoms. The summed E-state index contributed by atoms with van der Waals surface area (Å²) in [6.07, 6.45) is 2.70. The Labute approximate surface area is 128 Å². The van der Waals surface area contributed by atoms with Crippen LogP contribution in [0.3, 0.4) is 0 Å². The average Bonchev–Trinajstić information content (AvgIpc) is 2.48. The topological polar surface area (TPSA) is 63.4 Å². The minimum atomic E-state index is -3.34. The van der Waals surface area contributed by atoms with E-state index in [4.69, 9.17) is 5.73 Å². The lowest BCUT2D eigenvalue weighted by atomic mass is 9.87. The fourth-order valence-electron chi connectivity index (χ4n) is 2.93. The van der Waals surface area contributed by atoms with Gasteiger partial charge in [-0.05, 0) is 55.3 Å². The molecule has 1 aromatic carbocycles. The maximum absolute atomic E-state index is 12.6. The highest BCUT2D eigenvalue weighted by atomic mass is 32.2. The van der Waals surface area contributed by atoms with Gasteiger partial charge in [-0.25, -0.2) is 8.42 Å². The Bertz CT molecular complexity index is 544. The summed E-state index contributed by atoms with van der Waals surface area (Å²) in [6, 6.07) is 7.13. The van der Waals surface area contributed by atoms with Gasteiger partial charge in [-0.3, -0.25) is 0 Å². The minimum Gasteiger partial charge on any atom is -0.330 e. The van der Waals surface area contributed by atoms with Crippen molar-refractivity contribution in [2.45, 2.75) is 38.0 Å². The number of nitrogens with two attached hydrogens (primary N) is 1. The monoisotopic (exact) mass is 310 g/mol. The smallest absolute Gasteiger partial charge is 0.243 e. The molecule has 0 atom stereocenters. The van der Waals surface area contributed by atoms with Crippen molar-refractivity contribution in [3.63, 3.8) is 0 Å². The van der Waals surface area contributed by atoms with Gasteiger partial charge in [0.05, 0.1) is 4.90 Å². The van der Waals surface area contributed by atoms with Crippen molar-refractivity contribution in [2.24, 2.45) is 17.6 Å². The van der Waals surface area contributed by atoms with Crippen molar-refractivity contribution in [1.29, 1.82) is 0 Å². The third-order valence-corrected chi connectivity index (χ3v) is 6.35. The lowest BCUT2D eigenvalue weighted by Gasteiger charge is -2.33. The summed E-state index contributed by atoms with van der Waals surface area (Å²) in [4.78, 5) is 0.395. The zero-order valence-corrected chi connectivity index (χ0v) is 13.8. The van der Waals surface area contributed by atoms with Gasteiger partial charge in [0.25, 0.3) is 0 Å². The van der Waals surface area contributed by atoms with Gasteiger partial charge in [0.15, 0.2) is 0 Å². The summed E-state index contributed by atoms with van der Waals surface area (Å²) < 4.78 is 26.9. The van der Waals surface area contributed by atoms with Crippen LogP contribution < -0.4 is 5.73 Å². The second-order valence-electron chi connectivity index (χ2n) is 6.17. The molecule has 0 saturated carbocycles. The van der Waals surface area contributed by atoms with Crippen LogP contribution in [0.15, 0.2) is 29.2 Å². The molecular weight excluding hydrogens is 284 g/mol. The molecule has 0 aromatic heterocycles. The molecule has 118 valence electrons. The molecular formula is C16H26N2O2S. The van der Waals surface area contributed by atoms with Gasteiger partial charge in [0.2, 0.25) is 10.0 Å². The van der Waals surface area contributed by atoms with Crippen LogP contribution in [0.5, 0.6) is 0 Å². The lowest BCUT2D eigenvalue weighted by Crippen LogP contribution is -2.39. The van der Waals surface area contributed by atoms with Crippen molar-refractivity contribution in [1.82, 2.24) is 4.31 Å². The first-order valence-corrected chi connectivity index (χ1v) is 9.18. The van der Waals surface area contributed by atoms with Gasteiger partial charge in [0, 0.05) is 13.1 Å². The zero-order chi connectivity index (χ0) is 15.5. The average molecular weight is 310 g/mol. The number of piperidine rings is 1. The van der Waals surface area contributed by atoms with Crippen molar-refractivity contribution in [2.75, 3.05) is 19.6 Å². The molecule has 2 N–H and O–H groups in total. The van der Waals surface area contributed by atoms with E-state index >= 15 is 0 Å². The van der Waals surface area contributed by atoms with Crippen LogP contribution in [0.2, 0.25) is 0 Å². The normalized spacial score (nSPS) is 18.3. The number of sulfonamides is 1. The van der Waals surface area contributed by atoms with Gasteiger partial charge >= 0.3 is 0 Å². The third kappa shape index (κ3) is 3.84. The van der Waals surface area contributed by atoms with Crippen LogP contribution >= 0.6 is 0 Å². The van der Waals surface area contributed by atoms with Crippen molar-refractivity contribution in [3.05, 3.63) is 29.8 Å². The van der Waals surface area contributed by atoms with Crippen molar-refractivity contribution in [3.8, 4) is 0 Å². The van der Waals surface area contributed by atoms with E-state index < -0.39 is 10.0 Å². The van der Waals surface area contributed by atoms with E-state index in [0.717, 1.165) is 24.8 Å². The Morgan fingerprint density at radius 3 is 2.24 bits per heavy atom. The highest BCUT2D eigenvalue weighted by molar-refractivity contribution is 7.89. The molecule has 1 aliphatic rings. The van der Waals surface area contributed by atoms with Crippen LogP contribution in [0.25, 0.3) is 0 Å². The van der Waals surface area contributed by atoms with Gasteiger partial charge in [-0.1, -0.05) is 26.0 Å². The van der Waals surface area contributed by atoms with Crippen LogP contribution in [-0.4, -0.2) is 32.4 Å².